The highest BCUT2D eigenvalue weighted by atomic mass is 16.4. The minimum Gasteiger partial charge on any atom is -0.481 e. The Morgan fingerprint density at radius 2 is 1.89 bits per heavy atom. The predicted octanol–water partition coefficient (Wildman–Crippen LogP) is 2.93. The van der Waals surface area contributed by atoms with Crippen LogP contribution in [0.5, 0.6) is 0 Å². The number of anilines is 1. The van der Waals surface area contributed by atoms with Crippen LogP contribution in [-0.2, 0) is 9.59 Å². The summed E-state index contributed by atoms with van der Waals surface area (Å²) in [7, 11) is 0. The Balaban J connectivity index is 2.79. The summed E-state index contributed by atoms with van der Waals surface area (Å²) < 4.78 is 0. The summed E-state index contributed by atoms with van der Waals surface area (Å²) in [6, 6.07) is 9.40. The lowest BCUT2D eigenvalue weighted by molar-refractivity contribution is -0.137. The van der Waals surface area contributed by atoms with Gasteiger partial charge in [0.2, 0.25) is 5.91 Å². The summed E-state index contributed by atoms with van der Waals surface area (Å²) in [5.41, 5.74) is 0.832. The Hall–Kier alpha value is -1.84. The zero-order valence-electron chi connectivity index (χ0n) is 11.5. The zero-order valence-corrected chi connectivity index (χ0v) is 11.5. The van der Waals surface area contributed by atoms with Crippen LogP contribution in [0, 0.1) is 5.92 Å². The molecule has 0 aromatic heterocycles. The van der Waals surface area contributed by atoms with Gasteiger partial charge in [0.25, 0.3) is 0 Å². The summed E-state index contributed by atoms with van der Waals surface area (Å²) in [5, 5.41) is 8.69. The van der Waals surface area contributed by atoms with Crippen LogP contribution in [0.2, 0.25) is 0 Å². The molecule has 0 bridgehead atoms. The van der Waals surface area contributed by atoms with Gasteiger partial charge < -0.3 is 10.0 Å². The number of hydrogen-bond acceptors (Lipinski definition) is 2. The minimum absolute atomic E-state index is 0.0509. The van der Waals surface area contributed by atoms with Crippen molar-refractivity contribution in [2.75, 3.05) is 11.4 Å². The monoisotopic (exact) mass is 263 g/mol. The second kappa shape index (κ2) is 7.56. The Morgan fingerprint density at radius 3 is 2.42 bits per heavy atom. The molecule has 104 valence electrons. The standard InChI is InChI=1S/C15H21NO3/c1-3-12(2)15(19)16(11-7-10-14(17)18)13-8-5-4-6-9-13/h4-6,8-9,12H,3,7,10-11H2,1-2H3,(H,17,18). The van der Waals surface area contributed by atoms with Gasteiger partial charge in [-0.05, 0) is 25.0 Å². The molecule has 4 heteroatoms. The van der Waals surface area contributed by atoms with Gasteiger partial charge in [0.05, 0.1) is 0 Å². The lowest BCUT2D eigenvalue weighted by Gasteiger charge is -2.25. The molecule has 0 fully saturated rings. The number of carboxylic acid groups (broad SMARTS) is 1. The van der Waals surface area contributed by atoms with Crippen LogP contribution in [-0.4, -0.2) is 23.5 Å². The third kappa shape index (κ3) is 4.73. The van der Waals surface area contributed by atoms with E-state index < -0.39 is 5.97 Å². The Morgan fingerprint density at radius 1 is 1.26 bits per heavy atom. The maximum atomic E-state index is 12.3. The topological polar surface area (TPSA) is 57.6 Å². The fraction of sp³-hybridized carbons (Fsp3) is 0.467. The smallest absolute Gasteiger partial charge is 0.303 e. The lowest BCUT2D eigenvalue weighted by Crippen LogP contribution is -2.36. The van der Waals surface area contributed by atoms with E-state index >= 15 is 0 Å². The minimum atomic E-state index is -0.830. The van der Waals surface area contributed by atoms with Crippen molar-refractivity contribution in [1.29, 1.82) is 0 Å². The van der Waals surface area contributed by atoms with E-state index in [4.69, 9.17) is 5.11 Å². The van der Waals surface area contributed by atoms with Gasteiger partial charge >= 0.3 is 5.97 Å². The number of hydrogen-bond donors (Lipinski definition) is 1. The molecule has 19 heavy (non-hydrogen) atoms. The summed E-state index contributed by atoms with van der Waals surface area (Å²) in [5.74, 6) is -0.826. The van der Waals surface area contributed by atoms with Crippen molar-refractivity contribution in [3.05, 3.63) is 30.3 Å². The molecule has 0 aliphatic rings. The lowest BCUT2D eigenvalue weighted by atomic mass is 10.1. The average molecular weight is 263 g/mol. The molecule has 1 aromatic carbocycles. The van der Waals surface area contributed by atoms with E-state index in [0.717, 1.165) is 12.1 Å². The van der Waals surface area contributed by atoms with Crippen molar-refractivity contribution in [2.45, 2.75) is 33.1 Å². The fourth-order valence-electron chi connectivity index (χ4n) is 1.80. The quantitative estimate of drug-likeness (QED) is 0.822. The first-order valence-electron chi connectivity index (χ1n) is 6.64. The van der Waals surface area contributed by atoms with E-state index in [0.29, 0.717) is 13.0 Å². The SMILES string of the molecule is CCC(C)C(=O)N(CCCC(=O)O)c1ccccc1. The maximum Gasteiger partial charge on any atom is 0.303 e. The molecule has 1 unspecified atom stereocenters. The fourth-order valence-corrected chi connectivity index (χ4v) is 1.80. The van der Waals surface area contributed by atoms with Crippen LogP contribution in [0.15, 0.2) is 30.3 Å². The normalized spacial score (nSPS) is 11.9. The van der Waals surface area contributed by atoms with Gasteiger partial charge in [0.1, 0.15) is 0 Å². The summed E-state index contributed by atoms with van der Waals surface area (Å²) in [6.45, 7) is 4.32. The van der Waals surface area contributed by atoms with E-state index in [9.17, 15) is 9.59 Å². The third-order valence-electron chi connectivity index (χ3n) is 3.14. The van der Waals surface area contributed by atoms with E-state index in [-0.39, 0.29) is 18.2 Å². The summed E-state index contributed by atoms with van der Waals surface area (Å²) in [4.78, 5) is 24.6. The number of nitrogens with zero attached hydrogens (tertiary/aromatic N) is 1. The molecule has 0 heterocycles. The summed E-state index contributed by atoms with van der Waals surface area (Å²) in [6.07, 6.45) is 1.32. The molecular formula is C15H21NO3. The van der Waals surface area contributed by atoms with Gasteiger partial charge in [-0.2, -0.15) is 0 Å². The second-order valence-electron chi connectivity index (χ2n) is 4.63. The van der Waals surface area contributed by atoms with E-state index in [1.165, 1.54) is 0 Å². The highest BCUT2D eigenvalue weighted by molar-refractivity contribution is 5.94. The molecule has 0 aliphatic heterocycles. The predicted molar refractivity (Wildman–Crippen MR) is 75.1 cm³/mol. The van der Waals surface area contributed by atoms with Gasteiger partial charge in [-0.15, -0.1) is 0 Å². The Labute approximate surface area is 114 Å². The van der Waals surface area contributed by atoms with Crippen molar-refractivity contribution in [2.24, 2.45) is 5.92 Å². The molecule has 1 aromatic rings. The van der Waals surface area contributed by atoms with Crippen molar-refractivity contribution in [1.82, 2.24) is 0 Å². The first-order valence-corrected chi connectivity index (χ1v) is 6.64. The molecule has 4 nitrogen and oxygen atoms in total. The van der Waals surface area contributed by atoms with Gasteiger partial charge in [-0.3, -0.25) is 9.59 Å². The number of benzene rings is 1. The van der Waals surface area contributed by atoms with Gasteiger partial charge in [-0.1, -0.05) is 32.0 Å². The number of carboxylic acids is 1. The average Bonchev–Trinajstić information content (AvgIpc) is 2.42. The Bertz CT molecular complexity index is 417. The molecule has 1 amide bonds. The highest BCUT2D eigenvalue weighted by Crippen LogP contribution is 2.18. The van der Waals surface area contributed by atoms with Crippen LogP contribution in [0.4, 0.5) is 5.69 Å². The van der Waals surface area contributed by atoms with E-state index in [2.05, 4.69) is 0 Å². The molecule has 1 atom stereocenters. The van der Waals surface area contributed by atoms with Crippen molar-refractivity contribution < 1.29 is 14.7 Å². The van der Waals surface area contributed by atoms with Gasteiger partial charge in [0.15, 0.2) is 0 Å². The van der Waals surface area contributed by atoms with Crippen LogP contribution < -0.4 is 4.90 Å². The number of amides is 1. The number of carbonyl (C=O) groups excluding carboxylic acids is 1. The molecule has 0 radical (unpaired) electrons. The van der Waals surface area contributed by atoms with Gasteiger partial charge in [0, 0.05) is 24.6 Å². The molecule has 1 N–H and O–H groups in total. The van der Waals surface area contributed by atoms with Crippen molar-refractivity contribution in [3.8, 4) is 0 Å². The van der Waals surface area contributed by atoms with Crippen LogP contribution in [0.3, 0.4) is 0 Å². The largest absolute Gasteiger partial charge is 0.481 e. The zero-order chi connectivity index (χ0) is 14.3. The number of carbonyl (C=O) groups is 2. The molecule has 0 saturated heterocycles. The maximum absolute atomic E-state index is 12.3. The Kier molecular flexibility index (Phi) is 6.06. The highest BCUT2D eigenvalue weighted by Gasteiger charge is 2.20. The summed E-state index contributed by atoms with van der Waals surface area (Å²) >= 11 is 0. The number of para-hydroxylation sites is 1. The van der Waals surface area contributed by atoms with Crippen LogP contribution in [0.1, 0.15) is 33.1 Å². The first-order chi connectivity index (χ1) is 9.06. The molecule has 1 rings (SSSR count). The number of aliphatic carboxylic acids is 1. The molecule has 0 spiro atoms. The van der Waals surface area contributed by atoms with Gasteiger partial charge in [-0.25, -0.2) is 0 Å². The second-order valence-corrected chi connectivity index (χ2v) is 4.63. The third-order valence-corrected chi connectivity index (χ3v) is 3.14. The first kappa shape index (κ1) is 15.2. The molecule has 0 saturated carbocycles. The van der Waals surface area contributed by atoms with E-state index in [1.807, 2.05) is 44.2 Å². The molecular weight excluding hydrogens is 242 g/mol. The van der Waals surface area contributed by atoms with Crippen LogP contribution >= 0.6 is 0 Å². The van der Waals surface area contributed by atoms with Crippen molar-refractivity contribution in [3.63, 3.8) is 0 Å². The van der Waals surface area contributed by atoms with E-state index in [1.54, 1.807) is 4.90 Å². The van der Waals surface area contributed by atoms with Crippen LogP contribution in [0.25, 0.3) is 0 Å². The van der Waals surface area contributed by atoms with Crippen molar-refractivity contribution >= 4 is 17.6 Å². The number of rotatable bonds is 7. The molecule has 0 aliphatic carbocycles.